The predicted molar refractivity (Wildman–Crippen MR) is 114 cm³/mol. The van der Waals surface area contributed by atoms with Crippen LogP contribution in [-0.4, -0.2) is 35.8 Å². The van der Waals surface area contributed by atoms with Gasteiger partial charge in [-0.1, -0.05) is 24.6 Å². The fourth-order valence-electron chi connectivity index (χ4n) is 3.46. The molecule has 1 atom stereocenters. The summed E-state index contributed by atoms with van der Waals surface area (Å²) in [6.45, 7) is 4.65. The summed E-state index contributed by atoms with van der Waals surface area (Å²) >= 11 is 0. The number of ether oxygens (including phenoxy) is 1. The van der Waals surface area contributed by atoms with Crippen LogP contribution in [0.3, 0.4) is 0 Å². The van der Waals surface area contributed by atoms with Gasteiger partial charge in [0.25, 0.3) is 0 Å². The van der Waals surface area contributed by atoms with Crippen molar-refractivity contribution in [1.29, 1.82) is 0 Å². The summed E-state index contributed by atoms with van der Waals surface area (Å²) in [5.74, 6) is 1.36. The van der Waals surface area contributed by atoms with Gasteiger partial charge in [0.15, 0.2) is 15.7 Å². The molecule has 2 N–H and O–H groups in total. The molecule has 0 spiro atoms. The fraction of sp³-hybridized carbons (Fsp3) is 0.429. The van der Waals surface area contributed by atoms with Gasteiger partial charge in [-0.2, -0.15) is 0 Å². The number of nitrogen functional groups attached to an aromatic ring is 1. The number of fused-ring (bicyclic) bond motifs is 1. The second-order valence-electron chi connectivity index (χ2n) is 7.22. The minimum Gasteiger partial charge on any atom is -0.382 e. The molecule has 0 fully saturated rings. The molecule has 8 heteroatoms. The van der Waals surface area contributed by atoms with Crippen molar-refractivity contribution in [3.05, 3.63) is 47.9 Å². The van der Waals surface area contributed by atoms with Gasteiger partial charge in [-0.05, 0) is 44.4 Å². The molecule has 0 aliphatic heterocycles. The van der Waals surface area contributed by atoms with E-state index in [0.717, 1.165) is 36.3 Å². The lowest BCUT2D eigenvalue weighted by Gasteiger charge is -2.14. The molecule has 3 aromatic rings. The molecule has 2 aromatic heterocycles. The molecule has 0 aliphatic rings. The van der Waals surface area contributed by atoms with Crippen LogP contribution in [0.1, 0.15) is 43.7 Å². The third-order valence-electron chi connectivity index (χ3n) is 5.12. The maximum Gasteiger partial charge on any atom is 0.178 e. The Morgan fingerprint density at radius 1 is 1.17 bits per heavy atom. The van der Waals surface area contributed by atoms with Crippen molar-refractivity contribution in [2.45, 2.75) is 50.7 Å². The molecule has 0 aliphatic carbocycles. The van der Waals surface area contributed by atoms with Crippen LogP contribution < -0.4 is 5.73 Å². The van der Waals surface area contributed by atoms with Crippen LogP contribution in [0.15, 0.2) is 41.4 Å². The normalized spacial score (nSPS) is 13.1. The highest BCUT2D eigenvalue weighted by atomic mass is 32.2. The number of nitrogens with zero attached hydrogens (tertiary/aromatic N) is 3. The summed E-state index contributed by atoms with van der Waals surface area (Å²) in [4.78, 5) is 9.27. The maximum atomic E-state index is 12.4. The number of anilines is 1. The number of pyridine rings is 1. The number of nitrogens with two attached hydrogens (primary N) is 1. The summed E-state index contributed by atoms with van der Waals surface area (Å²) in [6.07, 6.45) is 3.82. The summed E-state index contributed by atoms with van der Waals surface area (Å²) in [6, 6.07) is 8.60. The largest absolute Gasteiger partial charge is 0.382 e. The van der Waals surface area contributed by atoms with Crippen LogP contribution in [0.2, 0.25) is 0 Å². The molecule has 156 valence electrons. The molecule has 0 saturated heterocycles. The number of sulfone groups is 1. The van der Waals surface area contributed by atoms with Gasteiger partial charge in [0.05, 0.1) is 16.2 Å². The van der Waals surface area contributed by atoms with E-state index in [0.29, 0.717) is 22.7 Å². The molecule has 1 unspecified atom stereocenters. The molecular formula is C21H28N4O3S. The molecule has 2 heterocycles. The zero-order valence-electron chi connectivity index (χ0n) is 17.1. The third kappa shape index (κ3) is 4.59. The zero-order valence-corrected chi connectivity index (χ0v) is 17.9. The number of rotatable bonds is 9. The second kappa shape index (κ2) is 8.92. The number of hydrogen-bond acceptors (Lipinski definition) is 6. The first-order chi connectivity index (χ1) is 13.8. The maximum absolute atomic E-state index is 12.4. The van der Waals surface area contributed by atoms with Gasteiger partial charge in [-0.3, -0.25) is 0 Å². The number of imidazole rings is 1. The summed E-state index contributed by atoms with van der Waals surface area (Å²) < 4.78 is 32.4. The Kier molecular flexibility index (Phi) is 6.54. The van der Waals surface area contributed by atoms with Crippen molar-refractivity contribution >= 4 is 26.7 Å². The second-order valence-corrected chi connectivity index (χ2v) is 9.32. The Hall–Kier alpha value is -2.45. The minimum atomic E-state index is -3.23. The van der Waals surface area contributed by atoms with E-state index in [1.54, 1.807) is 37.6 Å². The smallest absolute Gasteiger partial charge is 0.178 e. The summed E-state index contributed by atoms with van der Waals surface area (Å²) in [7, 11) is -1.58. The Morgan fingerprint density at radius 2 is 1.90 bits per heavy atom. The lowest BCUT2D eigenvalue weighted by atomic mass is 10.2. The lowest BCUT2D eigenvalue weighted by Crippen LogP contribution is -2.10. The average molecular weight is 417 g/mol. The van der Waals surface area contributed by atoms with Crippen LogP contribution in [0.5, 0.6) is 0 Å². The number of unbranched alkanes of at least 4 members (excludes halogenated alkanes) is 2. The van der Waals surface area contributed by atoms with Gasteiger partial charge in [0, 0.05) is 19.9 Å². The van der Waals surface area contributed by atoms with Crippen LogP contribution >= 0.6 is 0 Å². The molecule has 0 radical (unpaired) electrons. The molecule has 7 nitrogen and oxygen atoms in total. The number of benzene rings is 1. The van der Waals surface area contributed by atoms with Gasteiger partial charge in [-0.25, -0.2) is 18.4 Å². The first-order valence-corrected chi connectivity index (χ1v) is 11.4. The van der Waals surface area contributed by atoms with E-state index in [2.05, 4.69) is 14.5 Å². The Balaban J connectivity index is 1.70. The van der Waals surface area contributed by atoms with E-state index < -0.39 is 9.84 Å². The van der Waals surface area contributed by atoms with Gasteiger partial charge in [-0.15, -0.1) is 0 Å². The van der Waals surface area contributed by atoms with E-state index in [4.69, 9.17) is 10.5 Å². The van der Waals surface area contributed by atoms with E-state index in [9.17, 15) is 8.42 Å². The van der Waals surface area contributed by atoms with Crippen molar-refractivity contribution in [2.75, 3.05) is 18.6 Å². The summed E-state index contributed by atoms with van der Waals surface area (Å²) in [5.41, 5.74) is 8.69. The first-order valence-electron chi connectivity index (χ1n) is 9.77. The number of hydrogen-bond donors (Lipinski definition) is 1. The number of aryl methyl sites for hydroxylation is 2. The van der Waals surface area contributed by atoms with Crippen molar-refractivity contribution in [3.63, 3.8) is 0 Å². The van der Waals surface area contributed by atoms with Crippen molar-refractivity contribution in [2.24, 2.45) is 0 Å². The van der Waals surface area contributed by atoms with Crippen molar-refractivity contribution in [1.82, 2.24) is 14.5 Å². The molecule has 3 rings (SSSR count). The standard InChI is InChI=1S/C21H28N4O3S/c1-15-14-23-20(22)18-19(15)25(21(24-18)16(2)28-3)12-8-5-9-13-29(26,27)17-10-6-4-7-11-17/h4,6-7,10-11,14,16H,5,8-9,12-13H2,1-3H3,(H2,22,23). The molecule has 29 heavy (non-hydrogen) atoms. The molecule has 0 amide bonds. The quantitative estimate of drug-likeness (QED) is 0.534. The minimum absolute atomic E-state index is 0.152. The molecule has 0 saturated carbocycles. The third-order valence-corrected chi connectivity index (χ3v) is 6.94. The first kappa shape index (κ1) is 21.3. The topological polar surface area (TPSA) is 100 Å². The average Bonchev–Trinajstić information content (AvgIpc) is 3.11. The van der Waals surface area contributed by atoms with Crippen molar-refractivity contribution < 1.29 is 13.2 Å². The Labute approximate surface area is 171 Å². The predicted octanol–water partition coefficient (Wildman–Crippen LogP) is 3.67. The highest BCUT2D eigenvalue weighted by molar-refractivity contribution is 7.91. The molecule has 1 aromatic carbocycles. The van der Waals surface area contributed by atoms with Gasteiger partial charge < -0.3 is 15.0 Å². The molecule has 0 bridgehead atoms. The monoisotopic (exact) mass is 416 g/mol. The van der Waals surface area contributed by atoms with Gasteiger partial charge >= 0.3 is 0 Å². The summed E-state index contributed by atoms with van der Waals surface area (Å²) in [5, 5.41) is 0. The van der Waals surface area contributed by atoms with Crippen LogP contribution in [-0.2, 0) is 21.1 Å². The number of methoxy groups -OCH3 is 1. The van der Waals surface area contributed by atoms with E-state index in [1.165, 1.54) is 0 Å². The Morgan fingerprint density at radius 3 is 2.59 bits per heavy atom. The molecular weight excluding hydrogens is 388 g/mol. The van der Waals surface area contributed by atoms with E-state index in [1.807, 2.05) is 19.9 Å². The SMILES string of the molecule is COC(C)c1nc2c(N)ncc(C)c2n1CCCCCS(=O)(=O)c1ccccc1. The number of aromatic nitrogens is 3. The fourth-order valence-corrected chi connectivity index (χ4v) is 4.86. The lowest BCUT2D eigenvalue weighted by molar-refractivity contribution is 0.109. The van der Waals surface area contributed by atoms with Crippen molar-refractivity contribution in [3.8, 4) is 0 Å². The van der Waals surface area contributed by atoms with E-state index >= 15 is 0 Å². The van der Waals surface area contributed by atoms with Crippen LogP contribution in [0.25, 0.3) is 11.0 Å². The highest BCUT2D eigenvalue weighted by Crippen LogP contribution is 2.28. The van der Waals surface area contributed by atoms with Gasteiger partial charge in [0.2, 0.25) is 0 Å². The van der Waals surface area contributed by atoms with Crippen LogP contribution in [0.4, 0.5) is 5.82 Å². The zero-order chi connectivity index (χ0) is 21.0. The van der Waals surface area contributed by atoms with E-state index in [-0.39, 0.29) is 11.9 Å². The van der Waals surface area contributed by atoms with Gasteiger partial charge in [0.1, 0.15) is 17.4 Å². The van der Waals surface area contributed by atoms with Crippen LogP contribution in [0, 0.1) is 6.92 Å². The highest BCUT2D eigenvalue weighted by Gasteiger charge is 2.20. The Bertz CT molecular complexity index is 1080.